The van der Waals surface area contributed by atoms with Crippen molar-refractivity contribution < 1.29 is 13.9 Å². The predicted molar refractivity (Wildman–Crippen MR) is 94.2 cm³/mol. The highest BCUT2D eigenvalue weighted by Gasteiger charge is 2.52. The highest BCUT2D eigenvalue weighted by Crippen LogP contribution is 2.43. The van der Waals surface area contributed by atoms with Gasteiger partial charge in [-0.1, -0.05) is 12.1 Å². The topological polar surface area (TPSA) is 55.6 Å². The second-order valence-electron chi connectivity index (χ2n) is 7.83. The first-order valence-corrected chi connectivity index (χ1v) is 9.16. The Kier molecular flexibility index (Phi) is 4.64. The number of fused-ring (bicyclic) bond motifs is 2. The van der Waals surface area contributed by atoms with Crippen LogP contribution in [0.1, 0.15) is 39.2 Å². The van der Waals surface area contributed by atoms with Gasteiger partial charge in [-0.05, 0) is 73.5 Å². The Labute approximate surface area is 150 Å². The number of hydrogen-bond acceptors (Lipinski definition) is 3. The molecule has 0 spiro atoms. The van der Waals surface area contributed by atoms with E-state index in [0.29, 0.717) is 22.4 Å². The first-order chi connectivity index (χ1) is 11.2. The lowest BCUT2D eigenvalue weighted by Crippen LogP contribution is -2.69. The smallest absolute Gasteiger partial charge is 0.410 e. The number of nitrogens with zero attached hydrogens (tertiary/aromatic N) is 1. The summed E-state index contributed by atoms with van der Waals surface area (Å²) in [5.41, 5.74) is 6.41. The van der Waals surface area contributed by atoms with E-state index in [0.717, 1.165) is 12.8 Å². The maximum atomic E-state index is 14.4. The number of piperidine rings is 2. The van der Waals surface area contributed by atoms with Crippen molar-refractivity contribution >= 4 is 22.0 Å². The van der Waals surface area contributed by atoms with E-state index < -0.39 is 5.60 Å². The maximum Gasteiger partial charge on any atom is 0.410 e. The van der Waals surface area contributed by atoms with E-state index in [4.69, 9.17) is 10.5 Å². The zero-order valence-corrected chi connectivity index (χ0v) is 15.8. The fourth-order valence-corrected chi connectivity index (χ4v) is 4.11. The molecule has 4 nitrogen and oxygen atoms in total. The maximum absolute atomic E-state index is 14.4. The number of amides is 1. The van der Waals surface area contributed by atoms with Crippen LogP contribution in [0.25, 0.3) is 0 Å². The number of ether oxygens (including phenoxy) is 1. The second-order valence-corrected chi connectivity index (χ2v) is 8.69. The van der Waals surface area contributed by atoms with Gasteiger partial charge in [0, 0.05) is 12.1 Å². The Morgan fingerprint density at radius 1 is 1.42 bits per heavy atom. The highest BCUT2D eigenvalue weighted by molar-refractivity contribution is 9.10. The van der Waals surface area contributed by atoms with Crippen molar-refractivity contribution in [3.05, 3.63) is 34.1 Å². The van der Waals surface area contributed by atoms with Crippen LogP contribution in [0.5, 0.6) is 0 Å². The van der Waals surface area contributed by atoms with Crippen molar-refractivity contribution in [3.8, 4) is 0 Å². The summed E-state index contributed by atoms with van der Waals surface area (Å²) in [7, 11) is 0. The predicted octanol–water partition coefficient (Wildman–Crippen LogP) is 3.86. The van der Waals surface area contributed by atoms with E-state index in [2.05, 4.69) is 15.9 Å². The standard InChI is InChI=1S/C18H24BrFN2O2/c1-18(2,3)24-17(23)22-12-7-11(8-12)16(21)14(22)9-10-5-4-6-13(19)15(10)20/h4-6,11-12,14,16H,7-9,21H2,1-3H3/t11?,12?,14-,16-/m0/s1. The zero-order chi connectivity index (χ0) is 17.6. The fourth-order valence-electron chi connectivity index (χ4n) is 3.71. The van der Waals surface area contributed by atoms with Crippen LogP contribution in [0.2, 0.25) is 0 Å². The molecule has 2 saturated heterocycles. The molecule has 0 aromatic heterocycles. The van der Waals surface area contributed by atoms with Crippen LogP contribution in [0, 0.1) is 11.7 Å². The lowest BCUT2D eigenvalue weighted by atomic mass is 9.67. The van der Waals surface area contributed by atoms with Crippen LogP contribution in [-0.4, -0.2) is 34.7 Å². The molecule has 1 amide bonds. The molecule has 3 fully saturated rings. The minimum absolute atomic E-state index is 0.152. The Hall–Kier alpha value is -1.14. The van der Waals surface area contributed by atoms with Crippen LogP contribution >= 0.6 is 15.9 Å². The molecule has 2 aliphatic heterocycles. The van der Waals surface area contributed by atoms with Gasteiger partial charge in [0.25, 0.3) is 0 Å². The molecule has 6 heteroatoms. The Bertz CT molecular complexity index is 640. The Balaban J connectivity index is 1.85. The van der Waals surface area contributed by atoms with Gasteiger partial charge in [-0.15, -0.1) is 0 Å². The highest BCUT2D eigenvalue weighted by atomic mass is 79.9. The average molecular weight is 399 g/mol. The molecular formula is C18H24BrFN2O2. The van der Waals surface area contributed by atoms with Crippen molar-refractivity contribution in [2.75, 3.05) is 0 Å². The van der Waals surface area contributed by atoms with Gasteiger partial charge < -0.3 is 15.4 Å². The summed E-state index contributed by atoms with van der Waals surface area (Å²) in [6.45, 7) is 5.55. The summed E-state index contributed by atoms with van der Waals surface area (Å²) in [6, 6.07) is 4.99. The summed E-state index contributed by atoms with van der Waals surface area (Å²) in [6.07, 6.45) is 1.88. The first kappa shape index (κ1) is 17.7. The van der Waals surface area contributed by atoms with Crippen LogP contribution < -0.4 is 5.73 Å². The van der Waals surface area contributed by atoms with E-state index in [1.807, 2.05) is 20.8 Å². The number of carbonyl (C=O) groups excluding carboxylic acids is 1. The quantitative estimate of drug-likeness (QED) is 0.822. The van der Waals surface area contributed by atoms with Gasteiger partial charge >= 0.3 is 6.09 Å². The number of hydrogen-bond donors (Lipinski definition) is 1. The van der Waals surface area contributed by atoms with Crippen LogP contribution in [-0.2, 0) is 11.2 Å². The van der Waals surface area contributed by atoms with Crippen LogP contribution in [0.3, 0.4) is 0 Å². The molecule has 2 atom stereocenters. The van der Waals surface area contributed by atoms with Gasteiger partial charge in [0.15, 0.2) is 0 Å². The summed E-state index contributed by atoms with van der Waals surface area (Å²) < 4.78 is 20.4. The van der Waals surface area contributed by atoms with Gasteiger partial charge in [0.2, 0.25) is 0 Å². The number of nitrogens with two attached hydrogens (primary N) is 1. The number of carbonyl (C=O) groups is 1. The van der Waals surface area contributed by atoms with Crippen LogP contribution in [0.4, 0.5) is 9.18 Å². The zero-order valence-electron chi connectivity index (χ0n) is 14.3. The molecule has 132 valence electrons. The molecule has 2 heterocycles. The van der Waals surface area contributed by atoms with Gasteiger partial charge in [-0.2, -0.15) is 0 Å². The SMILES string of the molecule is CC(C)(C)OC(=O)N1C2CC(C2)[C@H](N)[C@@H]1Cc1cccc(Br)c1F. The minimum Gasteiger partial charge on any atom is -0.444 e. The molecule has 24 heavy (non-hydrogen) atoms. The molecule has 1 aromatic rings. The lowest BCUT2D eigenvalue weighted by Gasteiger charge is -2.56. The molecular weight excluding hydrogens is 375 g/mol. The van der Waals surface area contributed by atoms with Crippen molar-refractivity contribution in [1.82, 2.24) is 4.90 Å². The third-order valence-electron chi connectivity index (χ3n) is 4.95. The molecule has 2 bridgehead atoms. The van der Waals surface area contributed by atoms with E-state index in [1.54, 1.807) is 23.1 Å². The Morgan fingerprint density at radius 3 is 2.71 bits per heavy atom. The van der Waals surface area contributed by atoms with Crippen molar-refractivity contribution in [1.29, 1.82) is 0 Å². The lowest BCUT2D eigenvalue weighted by molar-refractivity contribution is -0.0619. The first-order valence-electron chi connectivity index (χ1n) is 8.37. The number of halogens is 2. The van der Waals surface area contributed by atoms with E-state index in [1.165, 1.54) is 0 Å². The average Bonchev–Trinajstić information content (AvgIpc) is 2.42. The summed E-state index contributed by atoms with van der Waals surface area (Å²) in [5, 5.41) is 0. The van der Waals surface area contributed by atoms with Crippen molar-refractivity contribution in [2.24, 2.45) is 11.7 Å². The normalized spacial score (nSPS) is 29.2. The fraction of sp³-hybridized carbons (Fsp3) is 0.611. The second kappa shape index (κ2) is 6.30. The minimum atomic E-state index is -0.562. The molecule has 1 saturated carbocycles. The monoisotopic (exact) mass is 398 g/mol. The van der Waals surface area contributed by atoms with Gasteiger partial charge in [0.1, 0.15) is 11.4 Å². The largest absolute Gasteiger partial charge is 0.444 e. The van der Waals surface area contributed by atoms with Gasteiger partial charge in [-0.3, -0.25) is 0 Å². The van der Waals surface area contributed by atoms with Crippen molar-refractivity contribution in [3.63, 3.8) is 0 Å². The molecule has 4 rings (SSSR count). The van der Waals surface area contributed by atoms with E-state index in [9.17, 15) is 9.18 Å². The molecule has 3 aliphatic rings. The summed E-state index contributed by atoms with van der Waals surface area (Å²) in [4.78, 5) is 14.5. The summed E-state index contributed by atoms with van der Waals surface area (Å²) in [5.74, 6) is 0.127. The van der Waals surface area contributed by atoms with Gasteiger partial charge in [-0.25, -0.2) is 9.18 Å². The Morgan fingerprint density at radius 2 is 2.08 bits per heavy atom. The third-order valence-corrected chi connectivity index (χ3v) is 5.57. The third kappa shape index (κ3) is 3.31. The van der Waals surface area contributed by atoms with Gasteiger partial charge in [0.05, 0.1) is 10.5 Å². The summed E-state index contributed by atoms with van der Waals surface area (Å²) >= 11 is 3.22. The number of rotatable bonds is 2. The molecule has 0 radical (unpaired) electrons. The van der Waals surface area contributed by atoms with Crippen molar-refractivity contribution in [2.45, 2.75) is 63.8 Å². The number of benzene rings is 1. The van der Waals surface area contributed by atoms with E-state index in [-0.39, 0.29) is 30.0 Å². The van der Waals surface area contributed by atoms with Crippen LogP contribution in [0.15, 0.2) is 22.7 Å². The molecule has 1 aliphatic carbocycles. The molecule has 0 unspecified atom stereocenters. The van der Waals surface area contributed by atoms with E-state index >= 15 is 0 Å². The molecule has 2 N–H and O–H groups in total. The molecule has 1 aromatic carbocycles.